The van der Waals surface area contributed by atoms with E-state index >= 15 is 0 Å². The number of carbonyl (C=O) groups excluding carboxylic acids is 2. The summed E-state index contributed by atoms with van der Waals surface area (Å²) in [5.74, 6) is 0.589. The van der Waals surface area contributed by atoms with Crippen LogP contribution in [-0.4, -0.2) is 29.0 Å². The molecule has 1 aliphatic heterocycles. The van der Waals surface area contributed by atoms with Crippen LogP contribution in [0.3, 0.4) is 0 Å². The second-order valence-electron chi connectivity index (χ2n) is 7.95. The molecule has 2 atom stereocenters. The number of hydrogen-bond donors (Lipinski definition) is 1. The van der Waals surface area contributed by atoms with Gasteiger partial charge in [-0.25, -0.2) is 0 Å². The molecule has 32 heavy (non-hydrogen) atoms. The van der Waals surface area contributed by atoms with Crippen LogP contribution in [0.2, 0.25) is 0 Å². The first-order valence-corrected chi connectivity index (χ1v) is 12.1. The van der Waals surface area contributed by atoms with Gasteiger partial charge in [0.15, 0.2) is 0 Å². The van der Waals surface area contributed by atoms with E-state index in [4.69, 9.17) is 0 Å². The molecular formula is C27H28N2O2S. The number of amides is 2. The summed E-state index contributed by atoms with van der Waals surface area (Å²) in [7, 11) is 0. The Morgan fingerprint density at radius 3 is 2.31 bits per heavy atom. The predicted octanol–water partition coefficient (Wildman–Crippen LogP) is 5.38. The van der Waals surface area contributed by atoms with Crippen molar-refractivity contribution >= 4 is 23.6 Å². The summed E-state index contributed by atoms with van der Waals surface area (Å²) >= 11 is 1.65. The Labute approximate surface area is 194 Å². The molecule has 2 amide bonds. The Bertz CT molecular complexity index is 1040. The predicted molar refractivity (Wildman–Crippen MR) is 130 cm³/mol. The molecule has 1 N–H and O–H groups in total. The van der Waals surface area contributed by atoms with Crippen molar-refractivity contribution in [2.75, 3.05) is 12.3 Å². The van der Waals surface area contributed by atoms with Crippen molar-refractivity contribution in [3.05, 3.63) is 107 Å². The Hall–Kier alpha value is -3.05. The lowest BCUT2D eigenvalue weighted by Gasteiger charge is -2.24. The first-order chi connectivity index (χ1) is 15.7. The van der Waals surface area contributed by atoms with E-state index in [2.05, 4.69) is 24.4 Å². The molecule has 1 fully saturated rings. The smallest absolute Gasteiger partial charge is 0.251 e. The van der Waals surface area contributed by atoms with Crippen LogP contribution in [0, 0.1) is 0 Å². The van der Waals surface area contributed by atoms with E-state index in [1.807, 2.05) is 77.7 Å². The van der Waals surface area contributed by atoms with Crippen molar-refractivity contribution in [1.29, 1.82) is 0 Å². The lowest BCUT2D eigenvalue weighted by Crippen LogP contribution is -2.30. The van der Waals surface area contributed by atoms with Gasteiger partial charge in [-0.05, 0) is 41.7 Å². The van der Waals surface area contributed by atoms with Crippen molar-refractivity contribution < 1.29 is 9.59 Å². The largest absolute Gasteiger partial charge is 0.345 e. The third-order valence-electron chi connectivity index (χ3n) is 5.83. The number of rotatable bonds is 8. The molecule has 164 valence electrons. The Kier molecular flexibility index (Phi) is 7.28. The molecule has 4 rings (SSSR count). The fraction of sp³-hybridized carbons (Fsp3) is 0.259. The molecule has 0 aliphatic carbocycles. The fourth-order valence-corrected chi connectivity index (χ4v) is 5.23. The summed E-state index contributed by atoms with van der Waals surface area (Å²) in [5, 5.41) is 3.13. The molecule has 3 aromatic carbocycles. The zero-order valence-corrected chi connectivity index (χ0v) is 19.1. The number of benzene rings is 3. The van der Waals surface area contributed by atoms with E-state index in [0.29, 0.717) is 17.9 Å². The Balaban J connectivity index is 1.41. The van der Waals surface area contributed by atoms with E-state index in [1.54, 1.807) is 11.8 Å². The van der Waals surface area contributed by atoms with E-state index < -0.39 is 0 Å². The second kappa shape index (κ2) is 10.5. The van der Waals surface area contributed by atoms with Crippen LogP contribution in [0.1, 0.15) is 51.8 Å². The lowest BCUT2D eigenvalue weighted by molar-refractivity contribution is -0.128. The Morgan fingerprint density at radius 2 is 1.66 bits per heavy atom. The van der Waals surface area contributed by atoms with Crippen molar-refractivity contribution in [3.63, 3.8) is 0 Å². The monoisotopic (exact) mass is 444 g/mol. The highest BCUT2D eigenvalue weighted by atomic mass is 32.2. The summed E-state index contributed by atoms with van der Waals surface area (Å²) in [5.41, 5.74) is 4.02. The molecule has 4 nitrogen and oxygen atoms in total. The first kappa shape index (κ1) is 22.2. The normalized spacial score (nSPS) is 16.7. The van der Waals surface area contributed by atoms with Gasteiger partial charge in [-0.3, -0.25) is 9.59 Å². The number of carbonyl (C=O) groups is 2. The summed E-state index contributed by atoms with van der Waals surface area (Å²) in [6.45, 7) is 2.76. The molecule has 1 aliphatic rings. The highest BCUT2D eigenvalue weighted by Gasteiger charge is 2.32. The van der Waals surface area contributed by atoms with Gasteiger partial charge in [-0.15, -0.1) is 11.8 Å². The molecule has 0 bridgehead atoms. The average molecular weight is 445 g/mol. The third kappa shape index (κ3) is 5.22. The van der Waals surface area contributed by atoms with Crippen LogP contribution >= 0.6 is 11.8 Å². The van der Waals surface area contributed by atoms with Crippen molar-refractivity contribution in [2.45, 2.75) is 31.2 Å². The number of nitrogens with one attached hydrogen (secondary N) is 1. The molecule has 0 radical (unpaired) electrons. The van der Waals surface area contributed by atoms with Gasteiger partial charge < -0.3 is 10.2 Å². The minimum absolute atomic E-state index is 0.00367. The number of hydrogen-bond acceptors (Lipinski definition) is 3. The number of thioether (sulfide) groups is 1. The molecule has 0 unspecified atom stereocenters. The van der Waals surface area contributed by atoms with Crippen LogP contribution < -0.4 is 5.32 Å². The molecule has 5 heteroatoms. The third-order valence-corrected chi connectivity index (χ3v) is 7.08. The van der Waals surface area contributed by atoms with Gasteiger partial charge in [0.2, 0.25) is 5.91 Å². The SMILES string of the molecule is CC[C@@H](NC(=O)c1ccc([C@@H]2SCC(=O)N2CCc2ccccc2)cc1)c1ccccc1. The molecule has 0 spiro atoms. The standard InChI is InChI=1S/C27H28N2O2S/c1-2-24(21-11-7-4-8-12-21)28-26(31)22-13-15-23(16-14-22)27-29(25(30)19-32-27)18-17-20-9-5-3-6-10-20/h3-16,24,27H,2,17-19H2,1H3,(H,28,31)/t24-,27+/m1/s1. The lowest BCUT2D eigenvalue weighted by atomic mass is 10.0. The van der Waals surface area contributed by atoms with Gasteiger partial charge in [0.1, 0.15) is 5.37 Å². The van der Waals surface area contributed by atoms with Crippen LogP contribution in [0.25, 0.3) is 0 Å². The maximum atomic E-state index is 12.8. The summed E-state index contributed by atoms with van der Waals surface area (Å²) in [6.07, 6.45) is 1.66. The second-order valence-corrected chi connectivity index (χ2v) is 9.02. The quantitative estimate of drug-likeness (QED) is 0.507. The number of nitrogens with zero attached hydrogens (tertiary/aromatic N) is 1. The van der Waals surface area contributed by atoms with Crippen LogP contribution in [0.4, 0.5) is 0 Å². The van der Waals surface area contributed by atoms with Gasteiger partial charge in [0, 0.05) is 12.1 Å². The summed E-state index contributed by atoms with van der Waals surface area (Å²) in [4.78, 5) is 27.3. The Morgan fingerprint density at radius 1 is 1.00 bits per heavy atom. The van der Waals surface area contributed by atoms with Crippen molar-refractivity contribution in [3.8, 4) is 0 Å². The summed E-state index contributed by atoms with van der Waals surface area (Å²) < 4.78 is 0. The molecule has 1 heterocycles. The zero-order valence-electron chi connectivity index (χ0n) is 18.2. The van der Waals surface area contributed by atoms with Crippen LogP contribution in [0.15, 0.2) is 84.9 Å². The molecular weight excluding hydrogens is 416 g/mol. The van der Waals surface area contributed by atoms with Gasteiger partial charge >= 0.3 is 0 Å². The van der Waals surface area contributed by atoms with Crippen LogP contribution in [-0.2, 0) is 11.2 Å². The molecule has 0 saturated carbocycles. The molecule has 3 aromatic rings. The maximum absolute atomic E-state index is 12.8. The van der Waals surface area contributed by atoms with Crippen LogP contribution in [0.5, 0.6) is 0 Å². The summed E-state index contributed by atoms with van der Waals surface area (Å²) in [6, 6.07) is 27.9. The maximum Gasteiger partial charge on any atom is 0.251 e. The van der Waals surface area contributed by atoms with Gasteiger partial charge in [0.05, 0.1) is 11.8 Å². The van der Waals surface area contributed by atoms with Crippen molar-refractivity contribution in [2.24, 2.45) is 0 Å². The van der Waals surface area contributed by atoms with Crippen molar-refractivity contribution in [1.82, 2.24) is 10.2 Å². The highest BCUT2D eigenvalue weighted by Crippen LogP contribution is 2.38. The topological polar surface area (TPSA) is 49.4 Å². The minimum Gasteiger partial charge on any atom is -0.345 e. The van der Waals surface area contributed by atoms with Gasteiger partial charge in [-0.2, -0.15) is 0 Å². The van der Waals surface area contributed by atoms with E-state index in [-0.39, 0.29) is 23.2 Å². The van der Waals surface area contributed by atoms with E-state index in [9.17, 15) is 9.59 Å². The fourth-order valence-electron chi connectivity index (χ4n) is 4.01. The van der Waals surface area contributed by atoms with E-state index in [0.717, 1.165) is 24.0 Å². The minimum atomic E-state index is -0.0802. The van der Waals surface area contributed by atoms with E-state index in [1.165, 1.54) is 5.56 Å². The van der Waals surface area contributed by atoms with Gasteiger partial charge in [-0.1, -0.05) is 79.7 Å². The highest BCUT2D eigenvalue weighted by molar-refractivity contribution is 8.00. The first-order valence-electron chi connectivity index (χ1n) is 11.1. The zero-order chi connectivity index (χ0) is 22.3. The average Bonchev–Trinajstić information content (AvgIpc) is 3.22. The van der Waals surface area contributed by atoms with Gasteiger partial charge in [0.25, 0.3) is 5.91 Å². The molecule has 0 aromatic heterocycles. The molecule has 1 saturated heterocycles.